The van der Waals surface area contributed by atoms with E-state index in [0.717, 1.165) is 19.4 Å². The summed E-state index contributed by atoms with van der Waals surface area (Å²) in [6, 6.07) is 5.04. The van der Waals surface area contributed by atoms with Crippen molar-refractivity contribution in [3.8, 4) is 0 Å². The third-order valence-corrected chi connectivity index (χ3v) is 4.81. The van der Waals surface area contributed by atoms with E-state index >= 15 is 0 Å². The van der Waals surface area contributed by atoms with E-state index in [-0.39, 0.29) is 22.3 Å². The molecule has 0 radical (unpaired) electrons. The monoisotopic (exact) mass is 370 g/mol. The molecule has 0 bridgehead atoms. The third-order valence-electron chi connectivity index (χ3n) is 4.52. The molecular formula is C19H28ClFN2O2. The van der Waals surface area contributed by atoms with Gasteiger partial charge < -0.3 is 15.0 Å². The van der Waals surface area contributed by atoms with E-state index in [1.165, 1.54) is 0 Å². The van der Waals surface area contributed by atoms with Crippen molar-refractivity contribution in [1.82, 2.24) is 10.2 Å². The van der Waals surface area contributed by atoms with Gasteiger partial charge in [0.25, 0.3) is 0 Å². The number of likely N-dealkylation sites (tertiary alicyclic amines) is 1. The number of piperidine rings is 1. The molecule has 0 spiro atoms. The Bertz CT molecular complexity index is 608. The molecule has 6 heteroatoms. The molecule has 1 N–H and O–H groups in total. The van der Waals surface area contributed by atoms with Crippen LogP contribution in [0.15, 0.2) is 18.2 Å². The number of benzene rings is 1. The molecule has 25 heavy (non-hydrogen) atoms. The quantitative estimate of drug-likeness (QED) is 0.841. The Morgan fingerprint density at radius 1 is 1.36 bits per heavy atom. The van der Waals surface area contributed by atoms with Crippen LogP contribution in [-0.4, -0.2) is 36.2 Å². The van der Waals surface area contributed by atoms with Gasteiger partial charge in [-0.2, -0.15) is 0 Å². The second-order valence-electron chi connectivity index (χ2n) is 8.09. The number of ether oxygens (including phenoxy) is 1. The Kier molecular flexibility index (Phi) is 6.33. The first kappa shape index (κ1) is 20.0. The maximum Gasteiger partial charge on any atom is 0.410 e. The van der Waals surface area contributed by atoms with E-state index in [4.69, 9.17) is 16.3 Å². The van der Waals surface area contributed by atoms with Crippen molar-refractivity contribution in [2.45, 2.75) is 52.7 Å². The summed E-state index contributed by atoms with van der Waals surface area (Å²) < 4.78 is 19.3. The van der Waals surface area contributed by atoms with Crippen LogP contribution in [0.1, 0.15) is 46.1 Å². The molecule has 1 amide bonds. The van der Waals surface area contributed by atoms with Crippen LogP contribution >= 0.6 is 11.6 Å². The summed E-state index contributed by atoms with van der Waals surface area (Å²) in [5.41, 5.74) is 0.177. The molecule has 1 aliphatic heterocycles. The highest BCUT2D eigenvalue weighted by Gasteiger charge is 2.33. The lowest BCUT2D eigenvalue weighted by molar-refractivity contribution is 0.0119. The fourth-order valence-corrected chi connectivity index (χ4v) is 3.11. The SMILES string of the molecule is CC1(CNCc2cccc(Cl)c2F)CCN(C(=O)OC(C)(C)C)CC1. The van der Waals surface area contributed by atoms with Gasteiger partial charge in [-0.3, -0.25) is 0 Å². The average molecular weight is 371 g/mol. The minimum Gasteiger partial charge on any atom is -0.444 e. The molecule has 4 nitrogen and oxygen atoms in total. The smallest absolute Gasteiger partial charge is 0.410 e. The molecular weight excluding hydrogens is 343 g/mol. The number of rotatable bonds is 4. The van der Waals surface area contributed by atoms with Crippen molar-refractivity contribution in [1.29, 1.82) is 0 Å². The second-order valence-corrected chi connectivity index (χ2v) is 8.50. The molecule has 0 aliphatic carbocycles. The Morgan fingerprint density at radius 3 is 2.60 bits per heavy atom. The van der Waals surface area contributed by atoms with Crippen molar-refractivity contribution >= 4 is 17.7 Å². The highest BCUT2D eigenvalue weighted by Crippen LogP contribution is 2.31. The number of amides is 1. The number of hydrogen-bond donors (Lipinski definition) is 1. The Hall–Kier alpha value is -1.33. The first-order valence-electron chi connectivity index (χ1n) is 8.71. The van der Waals surface area contributed by atoms with E-state index in [1.807, 2.05) is 20.8 Å². The van der Waals surface area contributed by atoms with Crippen molar-refractivity contribution < 1.29 is 13.9 Å². The van der Waals surface area contributed by atoms with Crippen LogP contribution in [0.5, 0.6) is 0 Å². The second kappa shape index (κ2) is 7.92. The number of halogens is 2. The first-order chi connectivity index (χ1) is 11.6. The molecule has 1 fully saturated rings. The molecule has 0 aromatic heterocycles. The normalized spacial score (nSPS) is 17.4. The van der Waals surface area contributed by atoms with E-state index in [1.54, 1.807) is 23.1 Å². The van der Waals surface area contributed by atoms with Crippen molar-refractivity contribution in [2.75, 3.05) is 19.6 Å². The average Bonchev–Trinajstić information content (AvgIpc) is 2.50. The van der Waals surface area contributed by atoms with Crippen LogP contribution in [0.3, 0.4) is 0 Å². The first-order valence-corrected chi connectivity index (χ1v) is 9.09. The number of hydrogen-bond acceptors (Lipinski definition) is 3. The van der Waals surface area contributed by atoms with Crippen LogP contribution in [0.2, 0.25) is 5.02 Å². The van der Waals surface area contributed by atoms with Crippen molar-refractivity contribution in [2.24, 2.45) is 5.41 Å². The minimum atomic E-state index is -0.472. The van der Waals surface area contributed by atoms with Gasteiger partial charge in [0.15, 0.2) is 0 Å². The van der Waals surface area contributed by atoms with Crippen LogP contribution in [0, 0.1) is 11.2 Å². The molecule has 0 unspecified atom stereocenters. The summed E-state index contributed by atoms with van der Waals surface area (Å²) in [5.74, 6) is -0.360. The lowest BCUT2D eigenvalue weighted by Gasteiger charge is -2.40. The summed E-state index contributed by atoms with van der Waals surface area (Å²) >= 11 is 5.81. The van der Waals surface area contributed by atoms with Crippen molar-refractivity contribution in [3.05, 3.63) is 34.6 Å². The summed E-state index contributed by atoms with van der Waals surface area (Å²) in [4.78, 5) is 13.9. The largest absolute Gasteiger partial charge is 0.444 e. The lowest BCUT2D eigenvalue weighted by Crippen LogP contribution is -2.47. The highest BCUT2D eigenvalue weighted by molar-refractivity contribution is 6.30. The van der Waals surface area contributed by atoms with Gasteiger partial charge in [-0.05, 0) is 45.1 Å². The van der Waals surface area contributed by atoms with E-state index in [2.05, 4.69) is 12.2 Å². The van der Waals surface area contributed by atoms with Gasteiger partial charge in [-0.1, -0.05) is 30.7 Å². The van der Waals surface area contributed by atoms with Gasteiger partial charge >= 0.3 is 6.09 Å². The Morgan fingerprint density at radius 2 is 2.00 bits per heavy atom. The summed E-state index contributed by atoms with van der Waals surface area (Å²) in [7, 11) is 0. The van der Waals surface area contributed by atoms with Crippen LogP contribution < -0.4 is 5.32 Å². The zero-order valence-corrected chi connectivity index (χ0v) is 16.3. The standard InChI is InChI=1S/C19H28ClFN2O2/c1-18(2,3)25-17(24)23-10-8-19(4,9-11-23)13-22-12-14-6-5-7-15(20)16(14)21/h5-7,22H,8-13H2,1-4H3. The summed E-state index contributed by atoms with van der Waals surface area (Å²) in [6.07, 6.45) is 1.53. The van der Waals surface area contributed by atoms with Gasteiger partial charge in [-0.25, -0.2) is 9.18 Å². The molecule has 1 heterocycles. The predicted molar refractivity (Wildman–Crippen MR) is 98.3 cm³/mol. The maximum atomic E-state index is 13.9. The molecule has 1 aromatic carbocycles. The Balaban J connectivity index is 1.80. The number of nitrogens with zero attached hydrogens (tertiary/aromatic N) is 1. The van der Waals surface area contributed by atoms with Crippen LogP contribution in [-0.2, 0) is 11.3 Å². The number of nitrogens with one attached hydrogen (secondary N) is 1. The summed E-state index contributed by atoms with van der Waals surface area (Å²) in [6.45, 7) is 10.4. The third kappa shape index (κ3) is 5.86. The molecule has 0 atom stereocenters. The zero-order chi connectivity index (χ0) is 18.7. The van der Waals surface area contributed by atoms with Gasteiger partial charge in [0, 0.05) is 31.7 Å². The van der Waals surface area contributed by atoms with E-state index in [9.17, 15) is 9.18 Å². The Labute approximate surface area is 154 Å². The molecule has 140 valence electrons. The maximum absolute atomic E-state index is 13.9. The molecule has 1 aromatic rings. The van der Waals surface area contributed by atoms with E-state index < -0.39 is 5.60 Å². The van der Waals surface area contributed by atoms with Gasteiger partial charge in [-0.15, -0.1) is 0 Å². The topological polar surface area (TPSA) is 41.6 Å². The number of carbonyl (C=O) groups excluding carboxylic acids is 1. The molecule has 2 rings (SSSR count). The number of carbonyl (C=O) groups is 1. The minimum absolute atomic E-state index is 0.0769. The van der Waals surface area contributed by atoms with Gasteiger partial charge in [0.1, 0.15) is 11.4 Å². The highest BCUT2D eigenvalue weighted by atomic mass is 35.5. The predicted octanol–water partition coefficient (Wildman–Crippen LogP) is 4.61. The summed E-state index contributed by atoms with van der Waals surface area (Å²) in [5, 5.41) is 3.48. The lowest BCUT2D eigenvalue weighted by atomic mass is 9.80. The fourth-order valence-electron chi connectivity index (χ4n) is 2.92. The molecule has 0 saturated carbocycles. The van der Waals surface area contributed by atoms with Crippen molar-refractivity contribution in [3.63, 3.8) is 0 Å². The van der Waals surface area contributed by atoms with Gasteiger partial charge in [0.05, 0.1) is 5.02 Å². The molecule has 1 saturated heterocycles. The fraction of sp³-hybridized carbons (Fsp3) is 0.632. The van der Waals surface area contributed by atoms with Crippen LogP contribution in [0.25, 0.3) is 0 Å². The van der Waals surface area contributed by atoms with Gasteiger partial charge in [0.2, 0.25) is 0 Å². The molecule has 1 aliphatic rings. The van der Waals surface area contributed by atoms with Crippen LogP contribution in [0.4, 0.5) is 9.18 Å². The van der Waals surface area contributed by atoms with E-state index in [0.29, 0.717) is 25.2 Å². The zero-order valence-electron chi connectivity index (χ0n) is 15.5.